The summed E-state index contributed by atoms with van der Waals surface area (Å²) >= 11 is 0. The van der Waals surface area contributed by atoms with Gasteiger partial charge in [-0.1, -0.05) is 206 Å². The Morgan fingerprint density at radius 3 is 1.12 bits per heavy atom. The second-order valence-electron chi connectivity index (χ2n) is 14.7. The van der Waals surface area contributed by atoms with Crippen molar-refractivity contribution in [2.24, 2.45) is 0 Å². The number of nitrogens with zero attached hydrogens (tertiary/aromatic N) is 1. The monoisotopic (exact) mass is 696 g/mol. The zero-order valence-electron chi connectivity index (χ0n) is 33.0. The van der Waals surface area contributed by atoms with E-state index in [4.69, 9.17) is 4.74 Å². The number of carbonyl (C=O) groups is 2. The number of carboxylic acid groups (broad SMARTS) is 1. The molecule has 0 aliphatic carbocycles. The molecule has 0 aromatic heterocycles. The summed E-state index contributed by atoms with van der Waals surface area (Å²) in [4.78, 5) is 25.1. The molecule has 7 heteroatoms. The maximum atomic E-state index is 12.0. The van der Waals surface area contributed by atoms with E-state index in [9.17, 15) is 14.7 Å². The molecule has 0 unspecified atom stereocenters. The smallest absolute Gasteiger partial charge is 0.407 e. The zero-order valence-corrected chi connectivity index (χ0v) is 33.0. The topological polar surface area (TPSA) is 90.9 Å². The number of urea groups is 1. The number of carbonyl (C=O) groups excluding carboxylic acids is 1. The third-order valence-electron chi connectivity index (χ3n) is 9.91. The van der Waals surface area contributed by atoms with E-state index in [0.717, 1.165) is 19.3 Å². The molecule has 49 heavy (non-hydrogen) atoms. The first-order valence-electron chi connectivity index (χ1n) is 21.7. The minimum absolute atomic E-state index is 0.153. The van der Waals surface area contributed by atoms with Gasteiger partial charge in [0.1, 0.15) is 0 Å². The molecule has 0 spiro atoms. The van der Waals surface area contributed by atoms with Crippen LogP contribution in [0.1, 0.15) is 219 Å². The van der Waals surface area contributed by atoms with Crippen LogP contribution < -0.4 is 10.6 Å². The van der Waals surface area contributed by atoms with Crippen molar-refractivity contribution in [1.29, 1.82) is 0 Å². The lowest BCUT2D eigenvalue weighted by Crippen LogP contribution is -2.38. The Balaban J connectivity index is 3.43. The quantitative estimate of drug-likeness (QED) is 0.0556. The molecule has 0 saturated heterocycles. The summed E-state index contributed by atoms with van der Waals surface area (Å²) in [7, 11) is 0. The van der Waals surface area contributed by atoms with Crippen LogP contribution in [0, 0.1) is 0 Å². The summed E-state index contributed by atoms with van der Waals surface area (Å²) < 4.78 is 5.59. The van der Waals surface area contributed by atoms with E-state index in [1.54, 1.807) is 0 Å². The molecule has 0 rings (SSSR count). The van der Waals surface area contributed by atoms with Gasteiger partial charge in [0, 0.05) is 26.2 Å². The van der Waals surface area contributed by atoms with Crippen LogP contribution in [-0.2, 0) is 4.74 Å². The van der Waals surface area contributed by atoms with Crippen molar-refractivity contribution in [3.05, 3.63) is 0 Å². The third-order valence-corrected chi connectivity index (χ3v) is 9.91. The zero-order chi connectivity index (χ0) is 35.7. The Hall–Kier alpha value is -1.50. The Morgan fingerprint density at radius 2 is 0.755 bits per heavy atom. The molecule has 0 aliphatic heterocycles. The number of rotatable bonds is 40. The highest BCUT2D eigenvalue weighted by Crippen LogP contribution is 2.15. The lowest BCUT2D eigenvalue weighted by atomic mass is 10.0. The van der Waals surface area contributed by atoms with Crippen LogP contribution in [0.2, 0.25) is 0 Å². The van der Waals surface area contributed by atoms with Gasteiger partial charge in [0.25, 0.3) is 0 Å². The molecule has 292 valence electrons. The first-order chi connectivity index (χ1) is 24.1. The van der Waals surface area contributed by atoms with Gasteiger partial charge in [0.15, 0.2) is 0 Å². The summed E-state index contributed by atoms with van der Waals surface area (Å²) in [6.45, 7) is 7.37. The summed E-state index contributed by atoms with van der Waals surface area (Å²) in [5.41, 5.74) is 0. The van der Waals surface area contributed by atoms with Gasteiger partial charge in [-0.15, -0.1) is 0 Å². The highest BCUT2D eigenvalue weighted by molar-refractivity contribution is 5.73. The van der Waals surface area contributed by atoms with Crippen molar-refractivity contribution in [2.45, 2.75) is 219 Å². The fourth-order valence-corrected chi connectivity index (χ4v) is 6.60. The predicted octanol–water partition coefficient (Wildman–Crippen LogP) is 12.8. The molecular weight excluding hydrogens is 610 g/mol. The predicted molar refractivity (Wildman–Crippen MR) is 211 cm³/mol. The van der Waals surface area contributed by atoms with Crippen molar-refractivity contribution < 1.29 is 19.4 Å². The summed E-state index contributed by atoms with van der Waals surface area (Å²) in [5, 5.41) is 15.3. The number of ether oxygens (including phenoxy) is 1. The largest absolute Gasteiger partial charge is 0.465 e. The van der Waals surface area contributed by atoms with Crippen molar-refractivity contribution in [3.63, 3.8) is 0 Å². The highest BCUT2D eigenvalue weighted by atomic mass is 16.5. The van der Waals surface area contributed by atoms with Crippen LogP contribution in [0.3, 0.4) is 0 Å². The number of amides is 3. The molecule has 0 heterocycles. The minimum atomic E-state index is -0.879. The van der Waals surface area contributed by atoms with Crippen molar-refractivity contribution in [2.75, 3.05) is 39.4 Å². The van der Waals surface area contributed by atoms with E-state index in [0.29, 0.717) is 39.4 Å². The van der Waals surface area contributed by atoms with E-state index in [2.05, 4.69) is 24.5 Å². The van der Waals surface area contributed by atoms with Crippen LogP contribution in [0.15, 0.2) is 0 Å². The number of nitrogens with one attached hydrogen (secondary N) is 2. The first kappa shape index (κ1) is 47.5. The Labute approximate surface area is 305 Å². The van der Waals surface area contributed by atoms with Gasteiger partial charge in [-0.2, -0.15) is 0 Å². The summed E-state index contributed by atoms with van der Waals surface area (Å²) in [5.74, 6) is 0. The van der Waals surface area contributed by atoms with Crippen LogP contribution in [0.4, 0.5) is 9.59 Å². The molecule has 7 nitrogen and oxygen atoms in total. The van der Waals surface area contributed by atoms with E-state index < -0.39 is 6.09 Å². The standard InChI is InChI=1S/C42H85N3O4/c1-3-5-7-9-11-13-15-17-19-21-23-25-27-29-31-33-35-43-41(46)44-36-39-49-40-38-45(42(47)48)37-34-32-30-28-26-24-22-20-18-16-14-12-10-8-6-4-2/h3-40H2,1-2H3,(H,47,48)(H2,43,44,46). The second-order valence-corrected chi connectivity index (χ2v) is 14.7. The Bertz CT molecular complexity index is 678. The molecule has 0 fully saturated rings. The normalized spacial score (nSPS) is 11.2. The number of hydrogen-bond donors (Lipinski definition) is 3. The number of unbranched alkanes of at least 4 members (excludes halogenated alkanes) is 30. The third kappa shape index (κ3) is 39.1. The maximum Gasteiger partial charge on any atom is 0.407 e. The fourth-order valence-electron chi connectivity index (χ4n) is 6.60. The fraction of sp³-hybridized carbons (Fsp3) is 0.952. The van der Waals surface area contributed by atoms with Crippen molar-refractivity contribution >= 4 is 12.1 Å². The van der Waals surface area contributed by atoms with Crippen molar-refractivity contribution in [3.8, 4) is 0 Å². The van der Waals surface area contributed by atoms with Gasteiger partial charge in [-0.05, 0) is 12.8 Å². The molecule has 3 N–H and O–H groups in total. The molecule has 0 bridgehead atoms. The summed E-state index contributed by atoms with van der Waals surface area (Å²) in [6, 6.07) is -0.153. The average Bonchev–Trinajstić information content (AvgIpc) is 3.09. The first-order valence-corrected chi connectivity index (χ1v) is 21.7. The molecule has 0 saturated carbocycles. The van der Waals surface area contributed by atoms with Crippen LogP contribution in [-0.4, -0.2) is 61.5 Å². The van der Waals surface area contributed by atoms with Crippen LogP contribution >= 0.6 is 0 Å². The van der Waals surface area contributed by atoms with Gasteiger partial charge in [-0.25, -0.2) is 9.59 Å². The van der Waals surface area contributed by atoms with Gasteiger partial charge >= 0.3 is 12.1 Å². The van der Waals surface area contributed by atoms with Crippen LogP contribution in [0.5, 0.6) is 0 Å². The molecule has 0 aromatic rings. The molecule has 0 radical (unpaired) electrons. The number of hydrogen-bond acceptors (Lipinski definition) is 3. The van der Waals surface area contributed by atoms with Crippen molar-refractivity contribution in [1.82, 2.24) is 15.5 Å². The Kier molecular flexibility index (Phi) is 39.7. The minimum Gasteiger partial charge on any atom is -0.465 e. The van der Waals surface area contributed by atoms with Gasteiger partial charge in [0.2, 0.25) is 0 Å². The van der Waals surface area contributed by atoms with E-state index in [-0.39, 0.29) is 6.03 Å². The summed E-state index contributed by atoms with van der Waals surface area (Å²) in [6.07, 6.45) is 41.7. The molecule has 3 amide bonds. The molecule has 0 atom stereocenters. The van der Waals surface area contributed by atoms with Crippen LogP contribution in [0.25, 0.3) is 0 Å². The Morgan fingerprint density at radius 1 is 0.429 bits per heavy atom. The van der Waals surface area contributed by atoms with Gasteiger partial charge < -0.3 is 25.4 Å². The lowest BCUT2D eigenvalue weighted by Gasteiger charge is -2.19. The highest BCUT2D eigenvalue weighted by Gasteiger charge is 2.11. The van der Waals surface area contributed by atoms with E-state index in [1.807, 2.05) is 0 Å². The van der Waals surface area contributed by atoms with E-state index >= 15 is 0 Å². The lowest BCUT2D eigenvalue weighted by molar-refractivity contribution is 0.0953. The molecular formula is C42H85N3O4. The SMILES string of the molecule is CCCCCCCCCCCCCCCCCCNC(=O)NCCOCCN(CCCCCCCCCCCCCCCCCC)C(=O)O. The average molecular weight is 696 g/mol. The molecule has 0 aromatic carbocycles. The van der Waals surface area contributed by atoms with Gasteiger partial charge in [-0.3, -0.25) is 0 Å². The second kappa shape index (κ2) is 40.9. The van der Waals surface area contributed by atoms with E-state index in [1.165, 1.54) is 191 Å². The van der Waals surface area contributed by atoms with Gasteiger partial charge in [0.05, 0.1) is 13.2 Å². The maximum absolute atomic E-state index is 12.0. The molecule has 0 aliphatic rings.